The molecule has 0 radical (unpaired) electrons. The fourth-order valence-corrected chi connectivity index (χ4v) is 4.03. The molecule has 9 nitrogen and oxygen atoms in total. The number of aromatic nitrogens is 2. The average Bonchev–Trinajstić information content (AvgIpc) is 3.36. The molecule has 0 saturated carbocycles. The van der Waals surface area contributed by atoms with Crippen LogP contribution in [0.1, 0.15) is 40.1 Å². The highest BCUT2D eigenvalue weighted by Crippen LogP contribution is 2.43. The lowest BCUT2D eigenvalue weighted by atomic mass is 9.95. The van der Waals surface area contributed by atoms with Crippen molar-refractivity contribution in [1.82, 2.24) is 15.1 Å². The van der Waals surface area contributed by atoms with E-state index in [1.807, 2.05) is 24.3 Å². The molecule has 3 aromatic rings. The van der Waals surface area contributed by atoms with Gasteiger partial charge in [0.2, 0.25) is 0 Å². The molecular formula is C23H24N4O5. The van der Waals surface area contributed by atoms with Crippen LogP contribution in [-0.2, 0) is 15.9 Å². The fraction of sp³-hybridized carbons (Fsp3) is 0.304. The normalized spacial score (nSPS) is 15.4. The van der Waals surface area contributed by atoms with Crippen molar-refractivity contribution in [2.45, 2.75) is 25.7 Å². The summed E-state index contributed by atoms with van der Waals surface area (Å²) in [5.41, 5.74) is 4.53. The van der Waals surface area contributed by atoms with Gasteiger partial charge in [-0.25, -0.2) is 0 Å². The van der Waals surface area contributed by atoms with E-state index < -0.39 is 17.3 Å². The van der Waals surface area contributed by atoms with Crippen LogP contribution in [0.25, 0.3) is 11.3 Å². The van der Waals surface area contributed by atoms with Crippen molar-refractivity contribution in [3.8, 4) is 11.3 Å². The summed E-state index contributed by atoms with van der Waals surface area (Å²) in [6, 6.07) is 13.9. The number of H-pyrrole nitrogens is 1. The Bertz CT molecular complexity index is 1120. The molecule has 166 valence electrons. The lowest BCUT2D eigenvalue weighted by molar-refractivity contribution is -0.384. The van der Waals surface area contributed by atoms with Crippen molar-refractivity contribution in [2.75, 3.05) is 20.8 Å². The maximum absolute atomic E-state index is 13.3. The first kappa shape index (κ1) is 21.7. The molecular weight excluding hydrogens is 412 g/mol. The summed E-state index contributed by atoms with van der Waals surface area (Å²) >= 11 is 0. The minimum absolute atomic E-state index is 0.00614. The van der Waals surface area contributed by atoms with Gasteiger partial charge in [0.05, 0.1) is 23.2 Å². The first-order valence-corrected chi connectivity index (χ1v) is 10.3. The molecule has 0 fully saturated rings. The molecule has 4 rings (SSSR count). The van der Waals surface area contributed by atoms with Crippen LogP contribution < -0.4 is 0 Å². The summed E-state index contributed by atoms with van der Waals surface area (Å²) in [7, 11) is 3.06. The average molecular weight is 436 g/mol. The number of nitro groups is 1. The number of fused-ring (bicyclic) bond motifs is 1. The Morgan fingerprint density at radius 2 is 1.78 bits per heavy atom. The first-order valence-electron chi connectivity index (χ1n) is 10.3. The number of rotatable bonds is 8. The van der Waals surface area contributed by atoms with Gasteiger partial charge in [-0.1, -0.05) is 31.2 Å². The molecule has 2 heterocycles. The van der Waals surface area contributed by atoms with Gasteiger partial charge in [-0.15, -0.1) is 0 Å². The van der Waals surface area contributed by atoms with Crippen molar-refractivity contribution in [3.63, 3.8) is 0 Å². The van der Waals surface area contributed by atoms with Gasteiger partial charge in [-0.3, -0.25) is 20.0 Å². The van der Waals surface area contributed by atoms with Crippen LogP contribution in [0.5, 0.6) is 0 Å². The third-order valence-electron chi connectivity index (χ3n) is 5.79. The van der Waals surface area contributed by atoms with Crippen LogP contribution in [0, 0.1) is 10.1 Å². The van der Waals surface area contributed by atoms with Crippen molar-refractivity contribution in [2.24, 2.45) is 0 Å². The second-order valence-electron chi connectivity index (χ2n) is 7.52. The second-order valence-corrected chi connectivity index (χ2v) is 7.52. The fourth-order valence-electron chi connectivity index (χ4n) is 4.03. The van der Waals surface area contributed by atoms with Crippen LogP contribution in [0.15, 0.2) is 48.5 Å². The number of amides is 1. The zero-order chi connectivity index (χ0) is 22.8. The van der Waals surface area contributed by atoms with Crippen molar-refractivity contribution in [3.05, 3.63) is 81.0 Å². The van der Waals surface area contributed by atoms with E-state index in [1.165, 1.54) is 31.9 Å². The Labute approximate surface area is 185 Å². The number of non-ortho nitro benzene ring substituents is 1. The van der Waals surface area contributed by atoms with Crippen molar-refractivity contribution in [1.29, 1.82) is 0 Å². The number of hydrogen-bond acceptors (Lipinski definition) is 6. The third-order valence-corrected chi connectivity index (χ3v) is 5.79. The molecule has 0 spiro atoms. The molecule has 0 bridgehead atoms. The summed E-state index contributed by atoms with van der Waals surface area (Å²) in [6.07, 6.45) is 0.324. The third kappa shape index (κ3) is 3.76. The van der Waals surface area contributed by atoms with Crippen molar-refractivity contribution >= 4 is 11.6 Å². The van der Waals surface area contributed by atoms with Crippen LogP contribution >= 0.6 is 0 Å². The Morgan fingerprint density at radius 1 is 1.12 bits per heavy atom. The molecule has 0 aliphatic carbocycles. The number of nitrogens with one attached hydrogen (secondary N) is 1. The molecule has 1 aliphatic rings. The van der Waals surface area contributed by atoms with E-state index in [9.17, 15) is 14.9 Å². The molecule has 1 atom stereocenters. The van der Waals surface area contributed by atoms with Crippen LogP contribution in [-0.4, -0.2) is 53.0 Å². The second kappa shape index (κ2) is 8.89. The largest absolute Gasteiger partial charge is 0.354 e. The molecule has 32 heavy (non-hydrogen) atoms. The lowest BCUT2D eigenvalue weighted by Crippen LogP contribution is -2.38. The van der Waals surface area contributed by atoms with Gasteiger partial charge in [0.25, 0.3) is 11.6 Å². The predicted molar refractivity (Wildman–Crippen MR) is 117 cm³/mol. The number of nitrogens with zero attached hydrogens (tertiary/aromatic N) is 3. The van der Waals surface area contributed by atoms with Gasteiger partial charge < -0.3 is 14.4 Å². The summed E-state index contributed by atoms with van der Waals surface area (Å²) in [4.78, 5) is 25.6. The molecule has 9 heteroatoms. The van der Waals surface area contributed by atoms with Crippen LogP contribution in [0.3, 0.4) is 0 Å². The van der Waals surface area contributed by atoms with Crippen LogP contribution in [0.4, 0.5) is 5.69 Å². The quantitative estimate of drug-likeness (QED) is 0.327. The molecule has 1 aromatic heterocycles. The minimum Gasteiger partial charge on any atom is -0.354 e. The summed E-state index contributed by atoms with van der Waals surface area (Å²) in [6.45, 7) is 2.32. The van der Waals surface area contributed by atoms with E-state index in [4.69, 9.17) is 9.47 Å². The summed E-state index contributed by atoms with van der Waals surface area (Å²) in [5.74, 6) is -0.204. The maximum Gasteiger partial charge on any atom is 0.273 e. The van der Waals surface area contributed by atoms with Gasteiger partial charge in [0.1, 0.15) is 5.69 Å². The van der Waals surface area contributed by atoms with Crippen molar-refractivity contribution < 1.29 is 19.2 Å². The highest BCUT2D eigenvalue weighted by atomic mass is 16.7. The number of ether oxygens (including phenoxy) is 2. The Balaban J connectivity index is 1.81. The molecule has 2 aromatic carbocycles. The van der Waals surface area contributed by atoms with E-state index in [0.717, 1.165) is 17.5 Å². The highest BCUT2D eigenvalue weighted by molar-refractivity contribution is 6.00. The van der Waals surface area contributed by atoms with Gasteiger partial charge in [0.15, 0.2) is 6.29 Å². The molecule has 1 amide bonds. The summed E-state index contributed by atoms with van der Waals surface area (Å²) < 4.78 is 10.7. The smallest absolute Gasteiger partial charge is 0.273 e. The lowest BCUT2D eigenvalue weighted by Gasteiger charge is -2.29. The van der Waals surface area contributed by atoms with E-state index in [1.54, 1.807) is 17.0 Å². The Morgan fingerprint density at radius 3 is 2.34 bits per heavy atom. The van der Waals surface area contributed by atoms with E-state index in [2.05, 4.69) is 17.1 Å². The van der Waals surface area contributed by atoms with E-state index in [0.29, 0.717) is 17.0 Å². The predicted octanol–water partition coefficient (Wildman–Crippen LogP) is 3.71. The molecule has 1 unspecified atom stereocenters. The Kier molecular flexibility index (Phi) is 6.02. The number of carbonyl (C=O) groups is 1. The number of aromatic amines is 1. The minimum atomic E-state index is -0.587. The van der Waals surface area contributed by atoms with Gasteiger partial charge in [-0.05, 0) is 29.7 Å². The van der Waals surface area contributed by atoms with E-state index >= 15 is 0 Å². The monoisotopic (exact) mass is 436 g/mol. The van der Waals surface area contributed by atoms with Gasteiger partial charge in [-0.2, -0.15) is 5.10 Å². The maximum atomic E-state index is 13.3. The van der Waals surface area contributed by atoms with E-state index in [-0.39, 0.29) is 18.1 Å². The topological polar surface area (TPSA) is 111 Å². The number of nitro benzene ring substituents is 1. The van der Waals surface area contributed by atoms with Crippen LogP contribution in [0.2, 0.25) is 0 Å². The number of aryl methyl sites for hydroxylation is 1. The molecule has 0 saturated heterocycles. The standard InChI is InChI=1S/C23H24N4O5/c1-4-14-5-7-16(8-6-14)22-19-20(15-9-11-17(12-10-15)27(29)30)24-25-21(19)23(28)26(22)13-18(31-2)32-3/h5-12,18,22H,4,13H2,1-3H3,(H,24,25). The van der Waals surface area contributed by atoms with Gasteiger partial charge in [0, 0.05) is 37.5 Å². The number of methoxy groups -OCH3 is 2. The zero-order valence-electron chi connectivity index (χ0n) is 18.1. The number of benzene rings is 2. The number of carbonyl (C=O) groups excluding carboxylic acids is 1. The molecule has 1 aliphatic heterocycles. The number of hydrogen-bond donors (Lipinski definition) is 1. The summed E-state index contributed by atoms with van der Waals surface area (Å²) in [5, 5.41) is 18.3. The van der Waals surface area contributed by atoms with Gasteiger partial charge >= 0.3 is 0 Å². The molecule has 1 N–H and O–H groups in total. The zero-order valence-corrected chi connectivity index (χ0v) is 18.1. The first-order chi connectivity index (χ1) is 15.5. The SMILES string of the molecule is CCc1ccc(C2c3c(-c4ccc([N+](=O)[O-])cc4)n[nH]c3C(=O)N2CC(OC)OC)cc1. The highest BCUT2D eigenvalue weighted by Gasteiger charge is 2.43. The Hall–Kier alpha value is -3.56.